The van der Waals surface area contributed by atoms with Crippen molar-refractivity contribution in [1.29, 1.82) is 0 Å². The summed E-state index contributed by atoms with van der Waals surface area (Å²) >= 11 is 5.41. The minimum atomic E-state index is -0.422. The number of hydrogen-bond acceptors (Lipinski definition) is 3. The third-order valence-corrected chi connectivity index (χ3v) is 16.7. The highest BCUT2D eigenvalue weighted by molar-refractivity contribution is 14.1. The molecular weight excluding hydrogens is 638 g/mol. The Morgan fingerprint density at radius 2 is 1.73 bits per heavy atom. The zero-order valence-corrected chi connectivity index (χ0v) is 25.0. The van der Waals surface area contributed by atoms with Gasteiger partial charge in [0.1, 0.15) is 3.42 Å². The summed E-state index contributed by atoms with van der Waals surface area (Å²) in [5, 5.41) is 10.4. The molecule has 7 unspecified atom stereocenters. The molecule has 0 heterocycles. The smallest absolute Gasteiger partial charge is 0.197 e. The first-order valence-electron chi connectivity index (χ1n) is 12.8. The normalized spacial score (nSPS) is 50.9. The molecule has 5 rings (SSSR count). The fourth-order valence-electron chi connectivity index (χ4n) is 9.07. The van der Waals surface area contributed by atoms with Crippen LogP contribution < -0.4 is 0 Å². The molecule has 0 radical (unpaired) electrons. The van der Waals surface area contributed by atoms with Crippen LogP contribution in [0.5, 0.6) is 0 Å². The van der Waals surface area contributed by atoms with Crippen LogP contribution in [0.3, 0.4) is 0 Å². The summed E-state index contributed by atoms with van der Waals surface area (Å²) < 4.78 is -0.493. The molecular formula is C28H38I2O3. The Morgan fingerprint density at radius 3 is 2.39 bits per heavy atom. The lowest BCUT2D eigenvalue weighted by atomic mass is 9.39. The summed E-state index contributed by atoms with van der Waals surface area (Å²) in [4.78, 5) is 26.7. The van der Waals surface area contributed by atoms with Crippen molar-refractivity contribution >= 4 is 56.7 Å². The molecule has 182 valence electrons. The summed E-state index contributed by atoms with van der Waals surface area (Å²) in [6.45, 7) is 11.7. The molecule has 5 aliphatic carbocycles. The number of alkyl halides is 2. The van der Waals surface area contributed by atoms with Crippen LogP contribution in [0.15, 0.2) is 23.5 Å². The van der Waals surface area contributed by atoms with Crippen molar-refractivity contribution in [2.75, 3.05) is 0 Å². The fourth-order valence-corrected chi connectivity index (χ4v) is 13.6. The molecule has 7 atom stereocenters. The fraction of sp³-hybridized carbons (Fsp3) is 0.786. The van der Waals surface area contributed by atoms with Crippen molar-refractivity contribution < 1.29 is 14.7 Å². The molecule has 5 aliphatic rings. The first-order valence-corrected chi connectivity index (χ1v) is 14.9. The maximum absolute atomic E-state index is 14.4. The zero-order chi connectivity index (χ0) is 24.2. The Hall–Kier alpha value is 0.0800. The topological polar surface area (TPSA) is 54.4 Å². The molecule has 5 heteroatoms. The first-order chi connectivity index (χ1) is 15.2. The second kappa shape index (κ2) is 7.32. The van der Waals surface area contributed by atoms with Gasteiger partial charge in [-0.25, -0.2) is 0 Å². The maximum atomic E-state index is 14.4. The SMILES string of the molecule is CCC12CCC3C4(C)CCC5CC(=O)C(O)=CC5(C)C4=CC(=O)C3(I)C1(I)CC(C)(C)CC2. The van der Waals surface area contributed by atoms with Gasteiger partial charge in [0.05, 0.1) is 3.42 Å². The van der Waals surface area contributed by atoms with Crippen molar-refractivity contribution in [3.63, 3.8) is 0 Å². The quantitative estimate of drug-likeness (QED) is 0.229. The summed E-state index contributed by atoms with van der Waals surface area (Å²) in [5.74, 6) is 0.500. The van der Waals surface area contributed by atoms with E-state index in [0.717, 1.165) is 32.1 Å². The number of Topliss-reactive ketones (excluding diaryl/α,β-unsaturated/α-hetero) is 1. The molecule has 0 aromatic carbocycles. The van der Waals surface area contributed by atoms with Crippen molar-refractivity contribution in [2.45, 2.75) is 99.2 Å². The predicted octanol–water partition coefficient (Wildman–Crippen LogP) is 7.70. The van der Waals surface area contributed by atoms with Crippen LogP contribution in [-0.4, -0.2) is 23.5 Å². The number of carbonyl (C=O) groups excluding carboxylic acids is 2. The lowest BCUT2D eigenvalue weighted by Crippen LogP contribution is -2.73. The van der Waals surface area contributed by atoms with E-state index >= 15 is 0 Å². The van der Waals surface area contributed by atoms with Crippen LogP contribution in [0.25, 0.3) is 0 Å². The average Bonchev–Trinajstić information content (AvgIpc) is 2.72. The molecule has 0 bridgehead atoms. The molecule has 3 saturated carbocycles. The largest absolute Gasteiger partial charge is 0.505 e. The Balaban J connectivity index is 1.70. The number of allylic oxidation sites excluding steroid dienone is 4. The summed E-state index contributed by atoms with van der Waals surface area (Å²) in [5.41, 5.74) is 1.15. The molecule has 1 N–H and O–H groups in total. The minimum Gasteiger partial charge on any atom is -0.505 e. The summed E-state index contributed by atoms with van der Waals surface area (Å²) in [6.07, 6.45) is 13.2. The maximum Gasteiger partial charge on any atom is 0.197 e. The van der Waals surface area contributed by atoms with Crippen molar-refractivity contribution in [1.82, 2.24) is 0 Å². The van der Waals surface area contributed by atoms with E-state index in [1.165, 1.54) is 24.8 Å². The number of ketones is 2. The third kappa shape index (κ3) is 2.96. The molecule has 3 nitrogen and oxygen atoms in total. The average molecular weight is 676 g/mol. The molecule has 0 aromatic rings. The van der Waals surface area contributed by atoms with Gasteiger partial charge in [0.2, 0.25) is 0 Å². The first kappa shape index (κ1) is 24.8. The van der Waals surface area contributed by atoms with Gasteiger partial charge >= 0.3 is 0 Å². The molecule has 0 aromatic heterocycles. The second-order valence-electron chi connectivity index (χ2n) is 13.1. The molecule has 0 amide bonds. The van der Waals surface area contributed by atoms with E-state index in [9.17, 15) is 14.7 Å². The van der Waals surface area contributed by atoms with Gasteiger partial charge in [0.25, 0.3) is 0 Å². The molecule has 0 aliphatic heterocycles. The Bertz CT molecular complexity index is 997. The number of carbonyl (C=O) groups is 2. The number of rotatable bonds is 1. The van der Waals surface area contributed by atoms with E-state index in [2.05, 4.69) is 79.8 Å². The van der Waals surface area contributed by atoms with Crippen LogP contribution in [-0.2, 0) is 9.59 Å². The number of aliphatic hydroxyl groups is 1. The van der Waals surface area contributed by atoms with Crippen LogP contribution in [0.4, 0.5) is 0 Å². The number of hydrogen-bond donors (Lipinski definition) is 1. The highest BCUT2D eigenvalue weighted by atomic mass is 127. The summed E-state index contributed by atoms with van der Waals surface area (Å²) in [7, 11) is 0. The Morgan fingerprint density at radius 1 is 1.03 bits per heavy atom. The van der Waals surface area contributed by atoms with Crippen molar-refractivity contribution in [2.24, 2.45) is 33.5 Å². The van der Waals surface area contributed by atoms with Gasteiger partial charge in [-0.1, -0.05) is 85.4 Å². The van der Waals surface area contributed by atoms with Crippen LogP contribution >= 0.6 is 45.2 Å². The highest BCUT2D eigenvalue weighted by Crippen LogP contribution is 2.76. The van der Waals surface area contributed by atoms with E-state index in [0.29, 0.717) is 6.42 Å². The van der Waals surface area contributed by atoms with E-state index in [1.807, 2.05) is 6.08 Å². The van der Waals surface area contributed by atoms with E-state index < -0.39 is 8.84 Å². The van der Waals surface area contributed by atoms with Gasteiger partial charge in [-0.2, -0.15) is 0 Å². The standard InChI is InChI=1S/C28H38I2O3/c1-6-26-10-8-20-24(4)9-7-17-13-18(31)19(32)15-25(17,5)21(24)14-22(33)28(20,30)27(26,29)16-23(2,3)11-12-26/h14-15,17,20,32H,6-13,16H2,1-5H3. The summed E-state index contributed by atoms with van der Waals surface area (Å²) in [6, 6.07) is 0. The van der Waals surface area contributed by atoms with E-state index in [4.69, 9.17) is 0 Å². The molecule has 33 heavy (non-hydrogen) atoms. The van der Waals surface area contributed by atoms with Gasteiger partial charge < -0.3 is 5.11 Å². The van der Waals surface area contributed by atoms with Crippen molar-refractivity contribution in [3.8, 4) is 0 Å². The lowest BCUT2D eigenvalue weighted by molar-refractivity contribution is -0.131. The van der Waals surface area contributed by atoms with Gasteiger partial charge in [0.15, 0.2) is 17.3 Å². The Labute approximate surface area is 226 Å². The predicted molar refractivity (Wildman–Crippen MR) is 149 cm³/mol. The number of halogens is 2. The van der Waals surface area contributed by atoms with Crippen LogP contribution in [0, 0.1) is 33.5 Å². The number of aliphatic hydroxyl groups excluding tert-OH is 1. The van der Waals surface area contributed by atoms with Crippen LogP contribution in [0.1, 0.15) is 92.4 Å². The van der Waals surface area contributed by atoms with Gasteiger partial charge in [-0.05, 0) is 91.6 Å². The number of fused-ring (bicyclic) bond motifs is 7. The van der Waals surface area contributed by atoms with Crippen LogP contribution in [0.2, 0.25) is 0 Å². The highest BCUT2D eigenvalue weighted by Gasteiger charge is 2.74. The monoisotopic (exact) mass is 676 g/mol. The zero-order valence-electron chi connectivity index (χ0n) is 20.7. The van der Waals surface area contributed by atoms with E-state index in [1.54, 1.807) is 6.08 Å². The van der Waals surface area contributed by atoms with Crippen molar-refractivity contribution in [3.05, 3.63) is 23.5 Å². The second-order valence-corrected chi connectivity index (χ2v) is 16.6. The molecule has 0 saturated heterocycles. The molecule has 0 spiro atoms. The van der Waals surface area contributed by atoms with Gasteiger partial charge in [-0.15, -0.1) is 0 Å². The van der Waals surface area contributed by atoms with E-state index in [-0.39, 0.29) is 48.8 Å². The van der Waals surface area contributed by atoms with Gasteiger partial charge in [0, 0.05) is 11.8 Å². The minimum absolute atomic E-state index is 0.0713. The third-order valence-electron chi connectivity index (χ3n) is 11.1. The van der Waals surface area contributed by atoms with Gasteiger partial charge in [-0.3, -0.25) is 9.59 Å². The lowest BCUT2D eigenvalue weighted by Gasteiger charge is -2.70. The Kier molecular flexibility index (Phi) is 5.49. The molecule has 3 fully saturated rings.